The van der Waals surface area contributed by atoms with E-state index in [0.717, 1.165) is 19.3 Å². The van der Waals surface area contributed by atoms with Crippen molar-refractivity contribution in [1.82, 2.24) is 13.9 Å². The average molecular weight is 375 g/mol. The second-order valence-electron chi connectivity index (χ2n) is 8.49. The number of allylic oxidation sites excluding steroid dienone is 4. The summed E-state index contributed by atoms with van der Waals surface area (Å²) in [4.78, 5) is 4.37. The zero-order chi connectivity index (χ0) is 18.1. The first kappa shape index (κ1) is 16.7. The van der Waals surface area contributed by atoms with Gasteiger partial charge in [0.05, 0.1) is 18.7 Å². The van der Waals surface area contributed by atoms with Gasteiger partial charge in [0.15, 0.2) is 0 Å². The van der Waals surface area contributed by atoms with Crippen LogP contribution in [0, 0.1) is 17.3 Å². The highest BCUT2D eigenvalue weighted by Gasteiger charge is 2.60. The first-order valence-electron chi connectivity index (χ1n) is 9.39. The van der Waals surface area contributed by atoms with Crippen LogP contribution < -0.4 is 0 Å². The lowest BCUT2D eigenvalue weighted by Crippen LogP contribution is -2.62. The summed E-state index contributed by atoms with van der Waals surface area (Å²) >= 11 is 0. The van der Waals surface area contributed by atoms with Crippen molar-refractivity contribution in [2.75, 3.05) is 19.3 Å². The fourth-order valence-corrected chi connectivity index (χ4v) is 6.78. The lowest BCUT2D eigenvalue weighted by molar-refractivity contribution is -0.0592. The minimum atomic E-state index is -3.17. The van der Waals surface area contributed by atoms with Gasteiger partial charge in [0.1, 0.15) is 0 Å². The molecule has 2 aliphatic carbocycles. The van der Waals surface area contributed by atoms with E-state index in [1.165, 1.54) is 16.3 Å². The highest BCUT2D eigenvalue weighted by Crippen LogP contribution is 2.57. The molecule has 1 saturated carbocycles. The molecule has 0 radical (unpaired) electrons. The van der Waals surface area contributed by atoms with E-state index < -0.39 is 16.1 Å². The van der Waals surface area contributed by atoms with Crippen LogP contribution >= 0.6 is 0 Å². The Hall–Kier alpha value is -1.44. The third-order valence-corrected chi connectivity index (χ3v) is 8.32. The Morgan fingerprint density at radius 2 is 2.12 bits per heavy atom. The molecule has 140 valence electrons. The van der Waals surface area contributed by atoms with Gasteiger partial charge in [-0.15, -0.1) is 0 Å². The molecule has 0 bridgehead atoms. The SMILES string of the molecule is CS(=O)(=O)N1CC2(CCC(C3C4C=CC=CCC4c4cncn43)C2O)C1. The van der Waals surface area contributed by atoms with Crippen molar-refractivity contribution in [3.8, 4) is 0 Å². The van der Waals surface area contributed by atoms with Crippen molar-refractivity contribution in [2.45, 2.75) is 37.3 Å². The van der Waals surface area contributed by atoms with Gasteiger partial charge in [-0.05, 0) is 19.3 Å². The molecule has 2 fully saturated rings. The fraction of sp³-hybridized carbons (Fsp3) is 0.632. The first-order chi connectivity index (χ1) is 12.4. The van der Waals surface area contributed by atoms with Crippen molar-refractivity contribution in [1.29, 1.82) is 0 Å². The highest BCUT2D eigenvalue weighted by molar-refractivity contribution is 7.88. The van der Waals surface area contributed by atoms with Crippen LogP contribution in [0.25, 0.3) is 0 Å². The van der Waals surface area contributed by atoms with Gasteiger partial charge in [-0.2, -0.15) is 0 Å². The number of aliphatic hydroxyl groups excluding tert-OH is 1. The summed E-state index contributed by atoms with van der Waals surface area (Å²) in [6.45, 7) is 0.914. The summed E-state index contributed by atoms with van der Waals surface area (Å²) in [5.41, 5.74) is 0.995. The quantitative estimate of drug-likeness (QED) is 0.853. The van der Waals surface area contributed by atoms with Gasteiger partial charge in [0, 0.05) is 54.2 Å². The summed E-state index contributed by atoms with van der Waals surface area (Å²) in [5.74, 6) is 0.918. The number of fused-ring (bicyclic) bond motifs is 3. The van der Waals surface area contributed by atoms with Crippen LogP contribution in [0.1, 0.15) is 36.9 Å². The minimum Gasteiger partial charge on any atom is -0.392 e. The van der Waals surface area contributed by atoms with Gasteiger partial charge in [0.2, 0.25) is 10.0 Å². The lowest BCUT2D eigenvalue weighted by Gasteiger charge is -2.49. The smallest absolute Gasteiger partial charge is 0.211 e. The molecule has 5 rings (SSSR count). The van der Waals surface area contributed by atoms with Crippen LogP contribution in [-0.2, 0) is 10.0 Å². The molecule has 0 aromatic carbocycles. The Kier molecular flexibility index (Phi) is 3.56. The molecule has 1 aromatic heterocycles. The molecule has 5 atom stereocenters. The molecule has 2 aliphatic heterocycles. The maximum Gasteiger partial charge on any atom is 0.211 e. The predicted molar refractivity (Wildman–Crippen MR) is 98.0 cm³/mol. The summed E-state index contributed by atoms with van der Waals surface area (Å²) in [7, 11) is -3.17. The van der Waals surface area contributed by atoms with Crippen LogP contribution in [0.5, 0.6) is 0 Å². The van der Waals surface area contributed by atoms with Crippen LogP contribution in [0.4, 0.5) is 0 Å². The van der Waals surface area contributed by atoms with Gasteiger partial charge in [-0.3, -0.25) is 0 Å². The molecule has 4 aliphatic rings. The molecule has 0 amide bonds. The Morgan fingerprint density at radius 3 is 2.88 bits per heavy atom. The second kappa shape index (κ2) is 5.53. The number of rotatable bonds is 2. The van der Waals surface area contributed by atoms with Crippen LogP contribution in [0.2, 0.25) is 0 Å². The Labute approximate surface area is 154 Å². The first-order valence-corrected chi connectivity index (χ1v) is 11.2. The molecule has 3 heterocycles. The monoisotopic (exact) mass is 375 g/mol. The van der Waals surface area contributed by atoms with Crippen molar-refractivity contribution < 1.29 is 13.5 Å². The molecule has 7 heteroatoms. The molecule has 1 spiro atoms. The Balaban J connectivity index is 1.44. The normalized spacial score (nSPS) is 38.2. The molecular formula is C19H25N3O3S. The number of aromatic nitrogens is 2. The standard InChI is InChI=1S/C19H25N3O3S/c1-26(24,25)21-10-19(11-21)8-7-15(18(19)23)17-14-6-4-2-3-5-13(14)16-9-20-12-22(16)17/h2-4,6,9,12-15,17-18,23H,5,7-8,10-11H2,1H3. The van der Waals surface area contributed by atoms with Gasteiger partial charge < -0.3 is 9.67 Å². The highest BCUT2D eigenvalue weighted by atomic mass is 32.2. The number of sulfonamides is 1. The summed E-state index contributed by atoms with van der Waals surface area (Å²) in [5, 5.41) is 11.2. The molecule has 5 unspecified atom stereocenters. The second-order valence-corrected chi connectivity index (χ2v) is 10.5. The van der Waals surface area contributed by atoms with Gasteiger partial charge in [-0.1, -0.05) is 24.3 Å². The van der Waals surface area contributed by atoms with Crippen molar-refractivity contribution in [2.24, 2.45) is 17.3 Å². The van der Waals surface area contributed by atoms with E-state index in [1.807, 2.05) is 12.5 Å². The number of hydrogen-bond acceptors (Lipinski definition) is 4. The predicted octanol–water partition coefficient (Wildman–Crippen LogP) is 1.69. The zero-order valence-corrected chi connectivity index (χ0v) is 15.7. The number of imidazole rings is 1. The number of hydrogen-bond donors (Lipinski definition) is 1. The third-order valence-electron chi connectivity index (χ3n) is 7.13. The maximum absolute atomic E-state index is 11.8. The average Bonchev–Trinajstić information content (AvgIpc) is 3.14. The largest absolute Gasteiger partial charge is 0.392 e. The summed E-state index contributed by atoms with van der Waals surface area (Å²) in [6.07, 6.45) is 16.2. The van der Waals surface area contributed by atoms with E-state index in [4.69, 9.17) is 0 Å². The van der Waals surface area contributed by atoms with E-state index in [1.54, 1.807) is 0 Å². The van der Waals surface area contributed by atoms with Crippen molar-refractivity contribution >= 4 is 10.0 Å². The molecule has 1 aromatic rings. The molecule has 1 N–H and O–H groups in total. The zero-order valence-electron chi connectivity index (χ0n) is 14.9. The molecule has 26 heavy (non-hydrogen) atoms. The topological polar surface area (TPSA) is 75.4 Å². The molecule has 1 saturated heterocycles. The number of nitrogens with zero attached hydrogens (tertiary/aromatic N) is 3. The summed E-state index contributed by atoms with van der Waals surface area (Å²) in [6, 6.07) is 0.204. The maximum atomic E-state index is 11.8. The van der Waals surface area contributed by atoms with E-state index in [2.05, 4.69) is 33.9 Å². The van der Waals surface area contributed by atoms with E-state index in [9.17, 15) is 13.5 Å². The molecule has 6 nitrogen and oxygen atoms in total. The number of aliphatic hydroxyl groups is 1. The molecular weight excluding hydrogens is 350 g/mol. The van der Waals surface area contributed by atoms with E-state index in [-0.39, 0.29) is 17.4 Å². The van der Waals surface area contributed by atoms with Crippen molar-refractivity contribution in [3.05, 3.63) is 42.5 Å². The van der Waals surface area contributed by atoms with E-state index in [0.29, 0.717) is 24.9 Å². The Bertz CT molecular complexity index is 882. The van der Waals surface area contributed by atoms with Gasteiger partial charge >= 0.3 is 0 Å². The van der Waals surface area contributed by atoms with Gasteiger partial charge in [0.25, 0.3) is 0 Å². The minimum absolute atomic E-state index is 0.141. The fourth-order valence-electron chi connectivity index (χ4n) is 5.79. The van der Waals surface area contributed by atoms with Crippen LogP contribution in [0.3, 0.4) is 0 Å². The lowest BCUT2D eigenvalue weighted by atomic mass is 9.74. The Morgan fingerprint density at radius 1 is 1.31 bits per heavy atom. The third kappa shape index (κ3) is 2.23. The van der Waals surface area contributed by atoms with Crippen LogP contribution in [-0.4, -0.2) is 52.8 Å². The van der Waals surface area contributed by atoms with Gasteiger partial charge in [-0.25, -0.2) is 17.7 Å². The van der Waals surface area contributed by atoms with Crippen molar-refractivity contribution in [3.63, 3.8) is 0 Å². The van der Waals surface area contributed by atoms with E-state index >= 15 is 0 Å². The summed E-state index contributed by atoms with van der Waals surface area (Å²) < 4.78 is 27.3. The van der Waals surface area contributed by atoms with Crippen LogP contribution in [0.15, 0.2) is 36.8 Å².